The van der Waals surface area contributed by atoms with E-state index in [1.807, 2.05) is 43.3 Å². The first-order chi connectivity index (χ1) is 16.4. The molecule has 0 bridgehead atoms. The highest BCUT2D eigenvalue weighted by Gasteiger charge is 2.19. The van der Waals surface area contributed by atoms with Gasteiger partial charge in [0.1, 0.15) is 17.3 Å². The second-order valence-electron chi connectivity index (χ2n) is 8.05. The Hall–Kier alpha value is -4.14. The van der Waals surface area contributed by atoms with Gasteiger partial charge in [0.25, 0.3) is 5.56 Å². The van der Waals surface area contributed by atoms with Gasteiger partial charge in [0, 0.05) is 35.9 Å². The van der Waals surface area contributed by atoms with Gasteiger partial charge in [-0.1, -0.05) is 36.4 Å². The predicted molar refractivity (Wildman–Crippen MR) is 136 cm³/mol. The summed E-state index contributed by atoms with van der Waals surface area (Å²) in [5.74, 6) is 0.712. The smallest absolute Gasteiger partial charge is 0.277 e. The quantitative estimate of drug-likeness (QED) is 0.150. The van der Waals surface area contributed by atoms with E-state index in [1.54, 1.807) is 22.9 Å². The second kappa shape index (κ2) is 11.6. The van der Waals surface area contributed by atoms with Crippen molar-refractivity contribution in [1.29, 1.82) is 5.41 Å². The Balaban J connectivity index is 0.000000215. The van der Waals surface area contributed by atoms with Gasteiger partial charge < -0.3 is 22.1 Å². The van der Waals surface area contributed by atoms with Crippen molar-refractivity contribution in [3.63, 3.8) is 0 Å². The Morgan fingerprint density at radius 2 is 1.97 bits per heavy atom. The number of amides is 1. The average molecular weight is 462 g/mol. The first-order valence-electron chi connectivity index (χ1n) is 11.3. The van der Waals surface area contributed by atoms with Crippen LogP contribution in [0.15, 0.2) is 59.5 Å². The first kappa shape index (κ1) is 24.5. The number of nitrogen functional groups attached to an aromatic ring is 2. The summed E-state index contributed by atoms with van der Waals surface area (Å²) in [7, 11) is 0. The van der Waals surface area contributed by atoms with E-state index in [9.17, 15) is 9.59 Å². The van der Waals surface area contributed by atoms with Crippen molar-refractivity contribution >= 4 is 23.6 Å². The van der Waals surface area contributed by atoms with Crippen LogP contribution in [0.5, 0.6) is 0 Å². The minimum atomic E-state index is -0.0168. The molecule has 3 aromatic rings. The van der Waals surface area contributed by atoms with Gasteiger partial charge in [-0.2, -0.15) is 0 Å². The molecular weight excluding hydrogens is 430 g/mol. The summed E-state index contributed by atoms with van der Waals surface area (Å²) >= 11 is 0. The lowest BCUT2D eigenvalue weighted by Crippen LogP contribution is -2.33. The highest BCUT2D eigenvalue weighted by molar-refractivity contribution is 5.94. The van der Waals surface area contributed by atoms with E-state index in [-0.39, 0.29) is 11.4 Å². The summed E-state index contributed by atoms with van der Waals surface area (Å²) in [6, 6.07) is 15.0. The lowest BCUT2D eigenvalue weighted by Gasteiger charge is -2.27. The number of amidine groups is 1. The fraction of sp³-hybridized carbons (Fsp3) is 0.280. The molecule has 1 fully saturated rings. The summed E-state index contributed by atoms with van der Waals surface area (Å²) in [6.07, 6.45) is 5.78. The molecule has 9 nitrogen and oxygen atoms in total. The number of hydrogen-bond donors (Lipinski definition) is 5. The van der Waals surface area contributed by atoms with Crippen LogP contribution in [0.3, 0.4) is 0 Å². The number of nitrogens with one attached hydrogen (secondary N) is 3. The summed E-state index contributed by atoms with van der Waals surface area (Å²) in [5, 5.41) is 13.0. The molecule has 178 valence electrons. The van der Waals surface area contributed by atoms with E-state index in [0.717, 1.165) is 24.0 Å². The van der Waals surface area contributed by atoms with E-state index >= 15 is 0 Å². The predicted octanol–water partition coefficient (Wildman–Crippen LogP) is 2.69. The number of benzene rings is 2. The number of nitrogens with two attached hydrogens (primary N) is 2. The van der Waals surface area contributed by atoms with Crippen LogP contribution in [-0.4, -0.2) is 27.8 Å². The number of rotatable bonds is 8. The van der Waals surface area contributed by atoms with Gasteiger partial charge in [-0.3, -0.25) is 19.6 Å². The zero-order valence-corrected chi connectivity index (χ0v) is 19.3. The van der Waals surface area contributed by atoms with E-state index in [0.29, 0.717) is 48.3 Å². The van der Waals surface area contributed by atoms with E-state index in [4.69, 9.17) is 16.9 Å². The number of hydrogen-bond acceptors (Lipinski definition) is 6. The van der Waals surface area contributed by atoms with Crippen LogP contribution in [0.25, 0.3) is 11.4 Å². The fourth-order valence-corrected chi connectivity index (χ4v) is 3.53. The van der Waals surface area contributed by atoms with Crippen molar-refractivity contribution in [2.24, 2.45) is 5.73 Å². The monoisotopic (exact) mass is 461 g/mol. The SMILES string of the molecule is CCn1c(-c2cccc(N)c2)ncc(NC2CCC2)c1=O.N=C(N)c1ccc(CNC=O)cc1. The van der Waals surface area contributed by atoms with Crippen LogP contribution < -0.4 is 27.7 Å². The molecule has 0 spiro atoms. The van der Waals surface area contributed by atoms with E-state index < -0.39 is 0 Å². The van der Waals surface area contributed by atoms with Crippen LogP contribution in [0.1, 0.15) is 37.3 Å². The van der Waals surface area contributed by atoms with E-state index in [2.05, 4.69) is 15.6 Å². The lowest BCUT2D eigenvalue weighted by molar-refractivity contribution is -0.109. The summed E-state index contributed by atoms with van der Waals surface area (Å²) in [5.41, 5.74) is 14.9. The molecule has 1 aromatic heterocycles. The van der Waals surface area contributed by atoms with Gasteiger partial charge in [0.15, 0.2) is 0 Å². The molecule has 34 heavy (non-hydrogen) atoms. The third kappa shape index (κ3) is 6.22. The third-order valence-corrected chi connectivity index (χ3v) is 5.63. The third-order valence-electron chi connectivity index (χ3n) is 5.63. The summed E-state index contributed by atoms with van der Waals surface area (Å²) in [4.78, 5) is 27.0. The Labute approximate surface area is 198 Å². The zero-order valence-electron chi connectivity index (χ0n) is 19.3. The van der Waals surface area contributed by atoms with Crippen LogP contribution in [0.4, 0.5) is 11.4 Å². The maximum Gasteiger partial charge on any atom is 0.277 e. The van der Waals surface area contributed by atoms with Crippen molar-refractivity contribution < 1.29 is 4.79 Å². The maximum atomic E-state index is 12.6. The number of aromatic nitrogens is 2. The topological polar surface area (TPSA) is 152 Å². The highest BCUT2D eigenvalue weighted by atomic mass is 16.1. The maximum absolute atomic E-state index is 12.6. The second-order valence-corrected chi connectivity index (χ2v) is 8.05. The van der Waals surface area contributed by atoms with Crippen molar-refractivity contribution in [1.82, 2.24) is 14.9 Å². The molecule has 0 saturated heterocycles. The lowest BCUT2D eigenvalue weighted by atomic mass is 9.93. The first-order valence-corrected chi connectivity index (χ1v) is 11.3. The van der Waals surface area contributed by atoms with Crippen LogP contribution in [0, 0.1) is 5.41 Å². The minimum absolute atomic E-state index is 0.0168. The Bertz CT molecular complexity index is 1180. The molecule has 1 amide bonds. The van der Waals surface area contributed by atoms with Crippen LogP contribution in [0.2, 0.25) is 0 Å². The molecule has 0 radical (unpaired) electrons. The van der Waals surface area contributed by atoms with E-state index in [1.165, 1.54) is 6.42 Å². The molecule has 1 heterocycles. The fourth-order valence-electron chi connectivity index (χ4n) is 3.53. The van der Waals surface area contributed by atoms with Crippen LogP contribution in [-0.2, 0) is 17.9 Å². The summed E-state index contributed by atoms with van der Waals surface area (Å²) < 4.78 is 1.69. The Morgan fingerprint density at radius 3 is 2.53 bits per heavy atom. The number of carbonyl (C=O) groups is 1. The zero-order chi connectivity index (χ0) is 24.5. The highest BCUT2D eigenvalue weighted by Crippen LogP contribution is 2.23. The molecule has 0 unspecified atom stereocenters. The van der Waals surface area contributed by atoms with Crippen molar-refractivity contribution in [3.05, 3.63) is 76.2 Å². The van der Waals surface area contributed by atoms with Crippen LogP contribution >= 0.6 is 0 Å². The largest absolute Gasteiger partial charge is 0.399 e. The van der Waals surface area contributed by atoms with Gasteiger partial charge in [0.2, 0.25) is 6.41 Å². The molecule has 1 saturated carbocycles. The number of carbonyl (C=O) groups excluding carboxylic acids is 1. The molecule has 1 aliphatic carbocycles. The molecule has 0 atom stereocenters. The van der Waals surface area contributed by atoms with Gasteiger partial charge in [-0.15, -0.1) is 0 Å². The molecule has 0 aliphatic heterocycles. The van der Waals surface area contributed by atoms with Gasteiger partial charge >= 0.3 is 0 Å². The normalized spacial score (nSPS) is 12.6. The Morgan fingerprint density at radius 1 is 1.24 bits per heavy atom. The van der Waals surface area contributed by atoms with Crippen molar-refractivity contribution in [2.45, 2.75) is 45.3 Å². The van der Waals surface area contributed by atoms with Gasteiger partial charge in [-0.05, 0) is 43.9 Å². The van der Waals surface area contributed by atoms with Gasteiger partial charge in [0.05, 0.1) is 6.20 Å². The summed E-state index contributed by atoms with van der Waals surface area (Å²) in [6.45, 7) is 3.03. The minimum Gasteiger partial charge on any atom is -0.399 e. The molecule has 2 aromatic carbocycles. The van der Waals surface area contributed by atoms with Crippen molar-refractivity contribution in [2.75, 3.05) is 11.1 Å². The number of anilines is 2. The molecule has 1 aliphatic rings. The molecule has 7 N–H and O–H groups in total. The number of nitrogens with zero attached hydrogens (tertiary/aromatic N) is 2. The molecule has 4 rings (SSSR count). The Kier molecular flexibility index (Phi) is 8.39. The average Bonchev–Trinajstić information content (AvgIpc) is 2.81. The molecule has 9 heteroatoms. The molecular formula is C25H31N7O2. The van der Waals surface area contributed by atoms with Gasteiger partial charge in [-0.25, -0.2) is 4.98 Å². The van der Waals surface area contributed by atoms with Crippen molar-refractivity contribution in [3.8, 4) is 11.4 Å². The standard InChI is InChI=1S/C16H20N4O.C9H11N3O/c1-2-20-15(11-5-3-6-12(17)9-11)18-10-14(16(20)21)19-13-7-4-8-13;10-9(11)8-3-1-7(2-4-8)5-12-6-13/h3,5-6,9-10,13,19H,2,4,7-8,17H2,1H3;1-4,6H,5H2,(H3,10,11)(H,12,13).